The Labute approximate surface area is 199 Å². The molecule has 7 heteroatoms. The average Bonchev–Trinajstić information content (AvgIpc) is 3.35. The quantitative estimate of drug-likeness (QED) is 0.321. The maximum Gasteiger partial charge on any atom is 0.296 e. The first-order chi connectivity index (χ1) is 17.1. The van der Waals surface area contributed by atoms with Crippen LogP contribution in [0.2, 0.25) is 0 Å². The lowest BCUT2D eigenvalue weighted by atomic mass is 10.1. The van der Waals surface area contributed by atoms with E-state index in [1.54, 1.807) is 24.4 Å². The third-order valence-electron chi connectivity index (χ3n) is 6.18. The maximum atomic E-state index is 13.4. The van der Waals surface area contributed by atoms with Crippen molar-refractivity contribution >= 4 is 39.6 Å². The second kappa shape index (κ2) is 8.29. The zero-order valence-electron chi connectivity index (χ0n) is 18.9. The standard InChI is InChI=1S/C28H20FN5O/c1-17-27-23(21-6-3-5-9-25(21)34(27)16-18-10-12-19(29)13-11-18)14-20(31-17)15-30-33-26-22-7-2-4-8-24(22)32-28(26)35/h2-15H,16H2,1H3,(H,32,33,35)/b30-15+. The summed E-state index contributed by atoms with van der Waals surface area (Å²) in [4.78, 5) is 21.0. The van der Waals surface area contributed by atoms with Gasteiger partial charge in [0.15, 0.2) is 0 Å². The van der Waals surface area contributed by atoms with Gasteiger partial charge in [-0.1, -0.05) is 48.5 Å². The van der Waals surface area contributed by atoms with Crippen LogP contribution in [0, 0.1) is 12.7 Å². The molecule has 1 aliphatic rings. The summed E-state index contributed by atoms with van der Waals surface area (Å²) in [5.74, 6) is -0.590. The molecule has 0 saturated heterocycles. The number of carbonyl (C=O) groups excluding carboxylic acids is 1. The van der Waals surface area contributed by atoms with E-state index in [1.165, 1.54) is 12.1 Å². The molecule has 2 aromatic heterocycles. The lowest BCUT2D eigenvalue weighted by Gasteiger charge is -2.09. The fraction of sp³-hybridized carbons (Fsp3) is 0.0714. The predicted octanol–water partition coefficient (Wildman–Crippen LogP) is 3.58. The Morgan fingerprint density at radius 1 is 1.00 bits per heavy atom. The van der Waals surface area contributed by atoms with Crippen LogP contribution in [-0.2, 0) is 11.3 Å². The molecule has 0 spiro atoms. The van der Waals surface area contributed by atoms with E-state index >= 15 is 0 Å². The highest BCUT2D eigenvalue weighted by molar-refractivity contribution is 6.14. The van der Waals surface area contributed by atoms with Crippen LogP contribution in [0.5, 0.6) is 0 Å². The molecule has 0 aliphatic carbocycles. The molecule has 1 amide bonds. The van der Waals surface area contributed by atoms with Crippen LogP contribution < -0.4 is 16.0 Å². The van der Waals surface area contributed by atoms with Gasteiger partial charge in [-0.15, -0.1) is 0 Å². The van der Waals surface area contributed by atoms with Crippen LogP contribution >= 0.6 is 0 Å². The lowest BCUT2D eigenvalue weighted by Crippen LogP contribution is -2.26. The van der Waals surface area contributed by atoms with Gasteiger partial charge in [-0.2, -0.15) is 5.10 Å². The fourth-order valence-electron chi connectivity index (χ4n) is 4.63. The molecule has 35 heavy (non-hydrogen) atoms. The molecule has 0 radical (unpaired) electrons. The number of fused-ring (bicyclic) bond motifs is 4. The molecule has 0 fully saturated rings. The number of amides is 1. The van der Waals surface area contributed by atoms with Crippen LogP contribution in [0.15, 0.2) is 89.0 Å². The number of halogens is 1. The van der Waals surface area contributed by atoms with E-state index in [9.17, 15) is 9.18 Å². The molecule has 0 bridgehead atoms. The number of aryl methyl sites for hydroxylation is 1. The first kappa shape index (κ1) is 20.9. The molecule has 3 heterocycles. The van der Waals surface area contributed by atoms with Gasteiger partial charge >= 0.3 is 0 Å². The third kappa shape index (κ3) is 3.67. The highest BCUT2D eigenvalue weighted by atomic mass is 19.1. The largest absolute Gasteiger partial charge is 0.334 e. The highest BCUT2D eigenvalue weighted by Crippen LogP contribution is 2.31. The SMILES string of the molecule is Cc1nc(/C=N/NC2=c3ccccc3=NC2=O)cc2c3ccccc3n(Cc3ccc(F)cc3)c12. The molecule has 1 aliphatic heterocycles. The number of carbonyl (C=O) groups is 1. The number of hydrazone groups is 1. The Morgan fingerprint density at radius 3 is 2.63 bits per heavy atom. The van der Waals surface area contributed by atoms with E-state index < -0.39 is 0 Å². The second-order valence-corrected chi connectivity index (χ2v) is 8.44. The van der Waals surface area contributed by atoms with Crippen molar-refractivity contribution in [1.82, 2.24) is 15.0 Å². The van der Waals surface area contributed by atoms with Crippen LogP contribution in [0.1, 0.15) is 17.0 Å². The van der Waals surface area contributed by atoms with Gasteiger partial charge in [0, 0.05) is 28.1 Å². The summed E-state index contributed by atoms with van der Waals surface area (Å²) in [6.45, 7) is 2.57. The van der Waals surface area contributed by atoms with Crippen molar-refractivity contribution in [3.8, 4) is 0 Å². The second-order valence-electron chi connectivity index (χ2n) is 8.44. The van der Waals surface area contributed by atoms with Crippen LogP contribution in [0.4, 0.5) is 4.39 Å². The molecule has 3 aromatic carbocycles. The first-order valence-electron chi connectivity index (χ1n) is 11.2. The Bertz CT molecular complexity index is 1780. The summed E-state index contributed by atoms with van der Waals surface area (Å²) >= 11 is 0. The summed E-state index contributed by atoms with van der Waals surface area (Å²) in [6, 6.07) is 24.1. The van der Waals surface area contributed by atoms with Gasteiger partial charge in [0.1, 0.15) is 11.5 Å². The van der Waals surface area contributed by atoms with Crippen molar-refractivity contribution in [1.29, 1.82) is 0 Å². The molecule has 1 N–H and O–H groups in total. The minimum Gasteiger partial charge on any atom is -0.334 e. The molecule has 6 nitrogen and oxygen atoms in total. The van der Waals surface area contributed by atoms with Crippen molar-refractivity contribution in [2.45, 2.75) is 13.5 Å². The molecular weight excluding hydrogens is 441 g/mol. The zero-order chi connectivity index (χ0) is 23.9. The van der Waals surface area contributed by atoms with Gasteiger partial charge in [-0.3, -0.25) is 10.2 Å². The summed E-state index contributed by atoms with van der Waals surface area (Å²) in [6.07, 6.45) is 1.61. The van der Waals surface area contributed by atoms with Crippen molar-refractivity contribution < 1.29 is 9.18 Å². The van der Waals surface area contributed by atoms with E-state index in [0.29, 0.717) is 23.3 Å². The molecule has 6 rings (SSSR count). The van der Waals surface area contributed by atoms with Crippen LogP contribution in [0.3, 0.4) is 0 Å². The Balaban J connectivity index is 1.40. The van der Waals surface area contributed by atoms with Gasteiger partial charge in [0.2, 0.25) is 0 Å². The number of benzene rings is 3. The molecule has 0 atom stereocenters. The summed E-state index contributed by atoms with van der Waals surface area (Å²) in [7, 11) is 0. The van der Waals surface area contributed by atoms with Crippen LogP contribution in [-0.4, -0.2) is 21.7 Å². The Hall–Kier alpha value is -4.65. The first-order valence-corrected chi connectivity index (χ1v) is 11.2. The highest BCUT2D eigenvalue weighted by Gasteiger charge is 2.16. The number of aromatic nitrogens is 2. The van der Waals surface area contributed by atoms with E-state index in [1.807, 2.05) is 43.3 Å². The normalized spacial score (nSPS) is 13.1. The molecular formula is C28H20FN5O. The summed E-state index contributed by atoms with van der Waals surface area (Å²) in [5, 5.41) is 7.82. The predicted molar refractivity (Wildman–Crippen MR) is 134 cm³/mol. The number of nitrogens with zero attached hydrogens (tertiary/aromatic N) is 4. The molecule has 0 unspecified atom stereocenters. The van der Waals surface area contributed by atoms with Gasteiger partial charge in [0.05, 0.1) is 28.5 Å². The topological polar surface area (TPSA) is 71.6 Å². The van der Waals surface area contributed by atoms with E-state index in [2.05, 4.69) is 32.2 Å². The number of hydrogen-bond acceptors (Lipinski definition) is 4. The van der Waals surface area contributed by atoms with E-state index in [4.69, 9.17) is 4.98 Å². The Morgan fingerprint density at radius 2 is 1.77 bits per heavy atom. The average molecular weight is 462 g/mol. The summed E-state index contributed by atoms with van der Waals surface area (Å²) < 4.78 is 15.6. The number of para-hydroxylation sites is 2. The number of hydrogen-bond donors (Lipinski definition) is 1. The minimum absolute atomic E-state index is 0.249. The number of nitrogens with one attached hydrogen (secondary N) is 1. The maximum absolute atomic E-state index is 13.4. The number of rotatable bonds is 5. The van der Waals surface area contributed by atoms with Gasteiger partial charge < -0.3 is 4.57 Å². The van der Waals surface area contributed by atoms with E-state index in [0.717, 1.165) is 38.3 Å². The summed E-state index contributed by atoms with van der Waals surface area (Å²) in [5.41, 5.74) is 7.83. The van der Waals surface area contributed by atoms with Crippen molar-refractivity contribution in [3.05, 3.63) is 112 Å². The van der Waals surface area contributed by atoms with Crippen molar-refractivity contribution in [2.24, 2.45) is 10.1 Å². The number of pyridine rings is 1. The third-order valence-corrected chi connectivity index (χ3v) is 6.18. The van der Waals surface area contributed by atoms with Gasteiger partial charge in [-0.25, -0.2) is 14.4 Å². The van der Waals surface area contributed by atoms with E-state index in [-0.39, 0.29) is 11.7 Å². The zero-order valence-corrected chi connectivity index (χ0v) is 18.9. The molecule has 0 saturated carbocycles. The van der Waals surface area contributed by atoms with Crippen LogP contribution in [0.25, 0.3) is 27.5 Å². The van der Waals surface area contributed by atoms with Crippen molar-refractivity contribution in [2.75, 3.05) is 0 Å². The molecule has 170 valence electrons. The van der Waals surface area contributed by atoms with Gasteiger partial charge in [-0.05, 0) is 42.8 Å². The monoisotopic (exact) mass is 461 g/mol. The molecule has 5 aromatic rings. The lowest BCUT2D eigenvalue weighted by molar-refractivity contribution is -0.113. The minimum atomic E-state index is -0.341. The Kier molecular flexibility index (Phi) is 4.95. The fourth-order valence-corrected chi connectivity index (χ4v) is 4.63. The van der Waals surface area contributed by atoms with Crippen molar-refractivity contribution in [3.63, 3.8) is 0 Å². The van der Waals surface area contributed by atoms with Gasteiger partial charge in [0.25, 0.3) is 5.91 Å². The smallest absolute Gasteiger partial charge is 0.296 e.